The van der Waals surface area contributed by atoms with E-state index in [4.69, 9.17) is 0 Å². The van der Waals surface area contributed by atoms with E-state index >= 15 is 0 Å². The van der Waals surface area contributed by atoms with E-state index in [1.54, 1.807) is 29.2 Å². The molecule has 0 aliphatic carbocycles. The summed E-state index contributed by atoms with van der Waals surface area (Å²) in [6.07, 6.45) is 0. The maximum Gasteiger partial charge on any atom is 0.242 e. The summed E-state index contributed by atoms with van der Waals surface area (Å²) in [5.74, 6) is -1.33. The summed E-state index contributed by atoms with van der Waals surface area (Å²) < 4.78 is 0. The van der Waals surface area contributed by atoms with Crippen LogP contribution in [0.5, 0.6) is 0 Å². The largest absolute Gasteiger partial charge is 0.306 e. The second-order valence-electron chi connectivity index (χ2n) is 6.62. The number of fused-ring (bicyclic) bond motifs is 1. The molecule has 1 unspecified atom stereocenters. The lowest BCUT2D eigenvalue weighted by atomic mass is 9.82. The Morgan fingerprint density at radius 1 is 0.852 bits per heavy atom. The van der Waals surface area contributed by atoms with Crippen LogP contribution in [0, 0.1) is 5.92 Å². The number of carbonyl (C=O) groups is 2. The number of amides is 1. The fraction of sp³-hybridized carbons (Fsp3) is 0.0833. The van der Waals surface area contributed by atoms with Crippen molar-refractivity contribution in [2.45, 2.75) is 6.54 Å². The number of hydrogen-bond donors (Lipinski definition) is 0. The maximum absolute atomic E-state index is 13.4. The second kappa shape index (κ2) is 7.04. The molecule has 0 bridgehead atoms. The number of carbonyl (C=O) groups excluding carboxylic acids is 2. The number of hydrogen-bond acceptors (Lipinski definition) is 2. The highest BCUT2D eigenvalue weighted by Gasteiger charge is 2.40. The molecule has 1 atom stereocenters. The molecular weight excluding hydrogens is 334 g/mol. The molecule has 1 heterocycles. The number of benzene rings is 3. The fourth-order valence-electron chi connectivity index (χ4n) is 3.53. The predicted molar refractivity (Wildman–Crippen MR) is 107 cm³/mol. The third kappa shape index (κ3) is 3.08. The summed E-state index contributed by atoms with van der Waals surface area (Å²) in [5.41, 5.74) is 3.75. The summed E-state index contributed by atoms with van der Waals surface area (Å²) in [7, 11) is 0. The van der Waals surface area contributed by atoms with Gasteiger partial charge >= 0.3 is 0 Å². The van der Waals surface area contributed by atoms with Crippen molar-refractivity contribution in [3.05, 3.63) is 108 Å². The van der Waals surface area contributed by atoms with Crippen molar-refractivity contribution in [2.75, 3.05) is 4.90 Å². The monoisotopic (exact) mass is 353 g/mol. The van der Waals surface area contributed by atoms with Gasteiger partial charge in [-0.15, -0.1) is 0 Å². The second-order valence-corrected chi connectivity index (χ2v) is 6.62. The number of ketones is 1. The standard InChI is InChI=1S/C24H19NO2/c1-17-20-14-8-9-15-21(20)25(16-18-10-4-2-5-11-18)24(27)22(17)23(26)19-12-6-3-7-13-19/h2-15,22H,1,16H2. The van der Waals surface area contributed by atoms with Crippen molar-refractivity contribution in [2.24, 2.45) is 5.92 Å². The minimum atomic E-state index is -0.897. The Morgan fingerprint density at radius 3 is 2.15 bits per heavy atom. The first-order valence-corrected chi connectivity index (χ1v) is 8.89. The van der Waals surface area contributed by atoms with Gasteiger partial charge in [0.1, 0.15) is 5.92 Å². The molecule has 0 N–H and O–H groups in total. The van der Waals surface area contributed by atoms with Gasteiger partial charge in [-0.25, -0.2) is 0 Å². The van der Waals surface area contributed by atoms with Gasteiger partial charge in [0, 0.05) is 11.1 Å². The van der Waals surface area contributed by atoms with Gasteiger partial charge in [0.25, 0.3) is 0 Å². The van der Waals surface area contributed by atoms with Crippen molar-refractivity contribution in [3.8, 4) is 0 Å². The molecule has 1 aliphatic rings. The maximum atomic E-state index is 13.4. The van der Waals surface area contributed by atoms with E-state index in [9.17, 15) is 9.59 Å². The molecule has 3 aromatic rings. The van der Waals surface area contributed by atoms with Crippen LogP contribution in [0.15, 0.2) is 91.5 Å². The van der Waals surface area contributed by atoms with Crippen LogP contribution in [0.3, 0.4) is 0 Å². The van der Waals surface area contributed by atoms with Crippen LogP contribution in [0.25, 0.3) is 5.57 Å². The van der Waals surface area contributed by atoms with E-state index in [0.29, 0.717) is 17.7 Å². The van der Waals surface area contributed by atoms with Crippen LogP contribution < -0.4 is 4.90 Å². The van der Waals surface area contributed by atoms with Crippen molar-refractivity contribution in [1.29, 1.82) is 0 Å². The van der Waals surface area contributed by atoms with Crippen LogP contribution in [-0.4, -0.2) is 11.7 Å². The summed E-state index contributed by atoms with van der Waals surface area (Å²) in [5, 5.41) is 0. The van der Waals surface area contributed by atoms with Crippen molar-refractivity contribution >= 4 is 23.0 Å². The highest BCUT2D eigenvalue weighted by molar-refractivity contribution is 6.24. The van der Waals surface area contributed by atoms with Crippen LogP contribution in [0.4, 0.5) is 5.69 Å². The normalized spacial score (nSPS) is 16.1. The minimum absolute atomic E-state index is 0.210. The molecule has 27 heavy (non-hydrogen) atoms. The zero-order valence-corrected chi connectivity index (χ0v) is 14.8. The van der Waals surface area contributed by atoms with Crippen molar-refractivity contribution in [3.63, 3.8) is 0 Å². The average molecular weight is 353 g/mol. The van der Waals surface area contributed by atoms with E-state index in [2.05, 4.69) is 6.58 Å². The molecular formula is C24H19NO2. The molecule has 0 spiro atoms. The molecule has 3 aromatic carbocycles. The van der Waals surface area contributed by atoms with E-state index in [1.807, 2.05) is 60.7 Å². The highest BCUT2D eigenvalue weighted by atomic mass is 16.2. The number of Topliss-reactive ketones (excluding diaryl/α,β-unsaturated/α-hetero) is 1. The van der Waals surface area contributed by atoms with E-state index < -0.39 is 5.92 Å². The van der Waals surface area contributed by atoms with Gasteiger partial charge in [-0.2, -0.15) is 0 Å². The van der Waals surface area contributed by atoms with Crippen LogP contribution in [-0.2, 0) is 11.3 Å². The van der Waals surface area contributed by atoms with Crippen molar-refractivity contribution in [1.82, 2.24) is 0 Å². The molecule has 0 saturated carbocycles. The Kier molecular flexibility index (Phi) is 4.43. The van der Waals surface area contributed by atoms with Gasteiger partial charge in [-0.3, -0.25) is 9.59 Å². The van der Waals surface area contributed by atoms with Gasteiger partial charge < -0.3 is 4.90 Å². The van der Waals surface area contributed by atoms with Crippen LogP contribution in [0.2, 0.25) is 0 Å². The number of nitrogens with zero attached hydrogens (tertiary/aromatic N) is 1. The SMILES string of the molecule is C=C1c2ccccc2N(Cc2ccccc2)C(=O)C1C(=O)c1ccccc1. The fourth-order valence-corrected chi connectivity index (χ4v) is 3.53. The quantitative estimate of drug-likeness (QED) is 0.502. The Morgan fingerprint density at radius 2 is 1.44 bits per heavy atom. The summed E-state index contributed by atoms with van der Waals surface area (Å²) in [6.45, 7) is 4.53. The molecule has 0 radical (unpaired) electrons. The molecule has 0 fully saturated rings. The van der Waals surface area contributed by atoms with Gasteiger partial charge in [0.15, 0.2) is 5.78 Å². The Balaban J connectivity index is 1.77. The molecule has 0 aromatic heterocycles. The van der Waals surface area contributed by atoms with Crippen LogP contribution >= 0.6 is 0 Å². The highest BCUT2D eigenvalue weighted by Crippen LogP contribution is 2.39. The van der Waals surface area contributed by atoms with E-state index in [1.165, 1.54) is 0 Å². The Labute approximate surface area is 158 Å². The Bertz CT molecular complexity index is 1010. The van der Waals surface area contributed by atoms with E-state index in [-0.39, 0.29) is 11.7 Å². The lowest BCUT2D eigenvalue weighted by Crippen LogP contribution is -2.43. The molecule has 132 valence electrons. The summed E-state index contributed by atoms with van der Waals surface area (Å²) >= 11 is 0. The molecule has 1 amide bonds. The lowest BCUT2D eigenvalue weighted by Gasteiger charge is -2.35. The van der Waals surface area contributed by atoms with Gasteiger partial charge in [0.2, 0.25) is 5.91 Å². The van der Waals surface area contributed by atoms with Gasteiger partial charge in [0.05, 0.1) is 12.2 Å². The molecule has 1 aliphatic heterocycles. The smallest absolute Gasteiger partial charge is 0.242 e. The molecule has 0 saturated heterocycles. The first-order valence-electron chi connectivity index (χ1n) is 8.89. The van der Waals surface area contributed by atoms with Crippen LogP contribution in [0.1, 0.15) is 21.5 Å². The minimum Gasteiger partial charge on any atom is -0.306 e. The predicted octanol–water partition coefficient (Wildman–Crippen LogP) is 4.75. The summed E-state index contributed by atoms with van der Waals surface area (Å²) in [6, 6.07) is 26.4. The number of rotatable bonds is 4. The summed E-state index contributed by atoms with van der Waals surface area (Å²) in [4.78, 5) is 28.2. The topological polar surface area (TPSA) is 37.4 Å². The first kappa shape index (κ1) is 17.0. The Hall–Kier alpha value is -3.46. The zero-order chi connectivity index (χ0) is 18.8. The molecule has 4 rings (SSSR count). The third-order valence-electron chi connectivity index (χ3n) is 4.91. The average Bonchev–Trinajstić information content (AvgIpc) is 2.72. The van der Waals surface area contributed by atoms with Gasteiger partial charge in [-0.05, 0) is 17.2 Å². The van der Waals surface area contributed by atoms with Crippen molar-refractivity contribution < 1.29 is 9.59 Å². The lowest BCUT2D eigenvalue weighted by molar-refractivity contribution is -0.120. The first-order chi connectivity index (χ1) is 13.2. The number of para-hydroxylation sites is 1. The molecule has 3 heteroatoms. The van der Waals surface area contributed by atoms with Gasteiger partial charge in [-0.1, -0.05) is 85.4 Å². The molecule has 3 nitrogen and oxygen atoms in total. The van der Waals surface area contributed by atoms with E-state index in [0.717, 1.165) is 16.8 Å². The zero-order valence-electron chi connectivity index (χ0n) is 14.8. The number of anilines is 1. The third-order valence-corrected chi connectivity index (χ3v) is 4.91.